The van der Waals surface area contributed by atoms with Gasteiger partial charge in [0.25, 0.3) is 5.66 Å². The number of rotatable bonds is 8. The van der Waals surface area contributed by atoms with Gasteiger partial charge in [0.15, 0.2) is 5.01 Å². The van der Waals surface area contributed by atoms with E-state index in [0.29, 0.717) is 35.1 Å². The van der Waals surface area contributed by atoms with Crippen molar-refractivity contribution >= 4 is 47.9 Å². The third kappa shape index (κ3) is 5.33. The molecular formula is C24H26F3N7O5S3. The minimum Gasteiger partial charge on any atom is -0.392 e. The fraction of sp³-hybridized carbons (Fsp3) is 0.500. The van der Waals surface area contributed by atoms with Crippen molar-refractivity contribution in [3.63, 3.8) is 0 Å². The van der Waals surface area contributed by atoms with Crippen LogP contribution in [0, 0.1) is 6.57 Å². The second kappa shape index (κ2) is 10.3. The van der Waals surface area contributed by atoms with E-state index in [0.717, 1.165) is 0 Å². The van der Waals surface area contributed by atoms with Gasteiger partial charge in [-0.3, -0.25) is 9.53 Å². The maximum Gasteiger partial charge on any atom is 0.445 e. The van der Waals surface area contributed by atoms with E-state index in [1.165, 1.54) is 28.2 Å². The Bertz CT molecular complexity index is 1870. The van der Waals surface area contributed by atoms with E-state index < -0.39 is 48.8 Å². The van der Waals surface area contributed by atoms with Crippen molar-refractivity contribution in [2.24, 2.45) is 7.05 Å². The number of aliphatic hydroxyl groups excluding tert-OH is 1. The lowest BCUT2D eigenvalue weighted by molar-refractivity contribution is -0.138. The predicted molar refractivity (Wildman–Crippen MR) is 148 cm³/mol. The molecule has 0 radical (unpaired) electrons. The van der Waals surface area contributed by atoms with E-state index in [2.05, 4.69) is 24.9 Å². The Morgan fingerprint density at radius 1 is 1.21 bits per heavy atom. The summed E-state index contributed by atoms with van der Waals surface area (Å²) in [5, 5.41) is 19.6. The summed E-state index contributed by atoms with van der Waals surface area (Å²) in [4.78, 5) is 3.13. The van der Waals surface area contributed by atoms with E-state index in [1.807, 2.05) is 0 Å². The first-order valence-corrected chi connectivity index (χ1v) is 16.5. The van der Waals surface area contributed by atoms with E-state index in [1.54, 1.807) is 13.8 Å². The van der Waals surface area contributed by atoms with Crippen LogP contribution in [0.4, 0.5) is 13.2 Å². The van der Waals surface area contributed by atoms with Crippen molar-refractivity contribution in [1.82, 2.24) is 29.0 Å². The summed E-state index contributed by atoms with van der Waals surface area (Å²) in [6.07, 6.45) is -3.97. The molecule has 0 unspecified atom stereocenters. The number of fused-ring (bicyclic) bond motifs is 1. The van der Waals surface area contributed by atoms with E-state index in [9.17, 15) is 35.1 Å². The van der Waals surface area contributed by atoms with Gasteiger partial charge in [-0.1, -0.05) is 11.3 Å². The standard InChI is InChI=1S/C24H26F3N7O5S3/c1-13(2)42(38,39)34-8-5-16(14(11-34)12-35)17-9-15(41(36,37)32-23(28-3)6-7-23)10-18-19(31-33(4)20(17)18)21-29-30-22(40-21)24(25,26)27/h9-10,13,32,35H,5-8,11-12H2,1-2,4H3. The van der Waals surface area contributed by atoms with Gasteiger partial charge in [0.05, 0.1) is 35.1 Å². The summed E-state index contributed by atoms with van der Waals surface area (Å²) in [5.74, 6) is 0. The lowest BCUT2D eigenvalue weighted by atomic mass is 9.92. The van der Waals surface area contributed by atoms with Crippen LogP contribution < -0.4 is 4.72 Å². The Balaban J connectivity index is 1.74. The highest BCUT2D eigenvalue weighted by molar-refractivity contribution is 7.89. The molecule has 2 aliphatic rings. The van der Waals surface area contributed by atoms with Gasteiger partial charge >= 0.3 is 6.18 Å². The average Bonchev–Trinajstić information content (AvgIpc) is 3.34. The molecule has 18 heteroatoms. The van der Waals surface area contributed by atoms with Crippen molar-refractivity contribution in [3.05, 3.63) is 39.7 Å². The van der Waals surface area contributed by atoms with Crippen LogP contribution in [-0.4, -0.2) is 76.8 Å². The average molecular weight is 646 g/mol. The molecule has 0 bridgehead atoms. The summed E-state index contributed by atoms with van der Waals surface area (Å²) in [7, 11) is -6.43. The molecule has 226 valence electrons. The fourth-order valence-corrected chi connectivity index (χ4v) is 8.22. The second-order valence-corrected chi connectivity index (χ2v) is 15.6. The fourth-order valence-electron chi connectivity index (χ4n) is 4.82. The van der Waals surface area contributed by atoms with Crippen molar-refractivity contribution in [2.75, 3.05) is 19.7 Å². The third-order valence-electron chi connectivity index (χ3n) is 7.23. The monoisotopic (exact) mass is 645 g/mol. The summed E-state index contributed by atoms with van der Waals surface area (Å²) in [5.41, 5.74) is 0.193. The molecule has 12 nitrogen and oxygen atoms in total. The minimum atomic E-state index is -4.74. The topological polar surface area (TPSA) is 152 Å². The molecule has 5 rings (SSSR count). The number of halogens is 3. The maximum atomic E-state index is 13.5. The van der Waals surface area contributed by atoms with Gasteiger partial charge in [0.1, 0.15) is 5.69 Å². The number of nitrogens with one attached hydrogen (secondary N) is 1. The molecule has 3 aromatic rings. The van der Waals surface area contributed by atoms with Crippen LogP contribution >= 0.6 is 11.3 Å². The molecule has 3 heterocycles. The van der Waals surface area contributed by atoms with Crippen molar-refractivity contribution in [1.29, 1.82) is 0 Å². The van der Waals surface area contributed by atoms with Gasteiger partial charge < -0.3 is 5.11 Å². The first-order chi connectivity index (χ1) is 19.5. The Kier molecular flexibility index (Phi) is 7.52. The van der Waals surface area contributed by atoms with Crippen LogP contribution in [0.3, 0.4) is 0 Å². The molecule has 1 aliphatic heterocycles. The smallest absolute Gasteiger partial charge is 0.392 e. The molecule has 0 atom stereocenters. The maximum absolute atomic E-state index is 13.5. The number of aromatic nitrogens is 4. The number of alkyl halides is 3. The molecule has 2 aromatic heterocycles. The zero-order valence-corrected chi connectivity index (χ0v) is 25.0. The molecule has 42 heavy (non-hydrogen) atoms. The zero-order valence-electron chi connectivity index (χ0n) is 22.6. The summed E-state index contributed by atoms with van der Waals surface area (Å²) >= 11 is 0.257. The number of hydrogen-bond donors (Lipinski definition) is 2. The molecule has 1 aliphatic carbocycles. The number of hydrogen-bond acceptors (Lipinski definition) is 9. The number of benzene rings is 1. The van der Waals surface area contributed by atoms with Gasteiger partial charge in [-0.25, -0.2) is 23.4 Å². The van der Waals surface area contributed by atoms with Crippen molar-refractivity contribution in [3.8, 4) is 10.7 Å². The van der Waals surface area contributed by atoms with Crippen LogP contribution in [0.1, 0.15) is 43.7 Å². The summed E-state index contributed by atoms with van der Waals surface area (Å²) < 4.78 is 97.7. The largest absolute Gasteiger partial charge is 0.445 e. The Morgan fingerprint density at radius 3 is 2.45 bits per heavy atom. The molecule has 0 amide bonds. The van der Waals surface area contributed by atoms with Crippen LogP contribution in [0.15, 0.2) is 22.6 Å². The van der Waals surface area contributed by atoms with Crippen molar-refractivity contribution in [2.45, 2.75) is 55.1 Å². The first kappa shape index (κ1) is 30.5. The van der Waals surface area contributed by atoms with E-state index in [-0.39, 0.29) is 51.8 Å². The van der Waals surface area contributed by atoms with Gasteiger partial charge in [-0.2, -0.15) is 22.6 Å². The molecular weight excluding hydrogens is 620 g/mol. The third-order valence-corrected chi connectivity index (χ3v) is 11.9. The van der Waals surface area contributed by atoms with Gasteiger partial charge in [0, 0.05) is 31.1 Å². The molecule has 1 saturated carbocycles. The number of aryl methyl sites for hydroxylation is 1. The Hall–Kier alpha value is -2.95. The molecule has 0 spiro atoms. The van der Waals surface area contributed by atoms with Crippen LogP contribution in [0.2, 0.25) is 0 Å². The predicted octanol–water partition coefficient (Wildman–Crippen LogP) is 2.99. The van der Waals surface area contributed by atoms with Gasteiger partial charge in [-0.05, 0) is 43.5 Å². The quantitative estimate of drug-likeness (QED) is 0.355. The number of sulfonamides is 2. The second-order valence-electron chi connectivity index (χ2n) is 10.4. The molecule has 0 saturated heterocycles. The lowest BCUT2D eigenvalue weighted by Crippen LogP contribution is -2.41. The summed E-state index contributed by atoms with van der Waals surface area (Å²) in [6.45, 7) is 9.89. The van der Waals surface area contributed by atoms with Crippen LogP contribution in [-0.2, 0) is 33.3 Å². The molecule has 2 N–H and O–H groups in total. The van der Waals surface area contributed by atoms with Crippen molar-refractivity contribution < 1.29 is 35.1 Å². The highest BCUT2D eigenvalue weighted by Gasteiger charge is 2.54. The van der Waals surface area contributed by atoms with E-state index >= 15 is 0 Å². The highest BCUT2D eigenvalue weighted by Crippen LogP contribution is 2.42. The molecule has 1 fully saturated rings. The zero-order chi connectivity index (χ0) is 30.8. The molecule has 1 aromatic carbocycles. The number of nitrogens with zero attached hydrogens (tertiary/aromatic N) is 6. The van der Waals surface area contributed by atoms with Crippen LogP contribution in [0.5, 0.6) is 0 Å². The SMILES string of the molecule is [C-]#[N+]C1(NS(=O)(=O)c2cc(C3=C(CO)CN(S(=O)(=O)C(C)C)CC3)c3c(c2)c(-c2nnc(C(F)(F)F)s2)nn3C)CC1. The number of aliphatic hydroxyl groups is 1. The van der Waals surface area contributed by atoms with Gasteiger partial charge in [-0.15, -0.1) is 14.9 Å². The summed E-state index contributed by atoms with van der Waals surface area (Å²) in [6, 6.07) is 2.62. The van der Waals surface area contributed by atoms with Crippen LogP contribution in [0.25, 0.3) is 32.0 Å². The first-order valence-electron chi connectivity index (χ1n) is 12.7. The lowest BCUT2D eigenvalue weighted by Gasteiger charge is -2.31. The Labute approximate surface area is 243 Å². The normalized spacial score (nSPS) is 18.2. The minimum absolute atomic E-state index is 0.0314. The Morgan fingerprint density at radius 2 is 1.90 bits per heavy atom. The van der Waals surface area contributed by atoms with E-state index in [4.69, 9.17) is 6.57 Å². The highest BCUT2D eigenvalue weighted by atomic mass is 32.2. The van der Waals surface area contributed by atoms with Gasteiger partial charge in [0.2, 0.25) is 25.1 Å².